The van der Waals surface area contributed by atoms with Crippen LogP contribution in [0.15, 0.2) is 11.3 Å². The molecule has 0 spiro atoms. The van der Waals surface area contributed by atoms with Gasteiger partial charge >= 0.3 is 0 Å². The van der Waals surface area contributed by atoms with E-state index in [0.717, 1.165) is 31.3 Å². The number of aryl methyl sites for hydroxylation is 1. The van der Waals surface area contributed by atoms with Gasteiger partial charge in [-0.15, -0.1) is 10.2 Å². The summed E-state index contributed by atoms with van der Waals surface area (Å²) in [7, 11) is 0. The first-order chi connectivity index (χ1) is 8.71. The molecule has 2 N–H and O–H groups in total. The quantitative estimate of drug-likeness (QED) is 0.589. The Bertz CT molecular complexity index is 370. The normalized spacial score (nSPS) is 13.4. The van der Waals surface area contributed by atoms with Crippen molar-refractivity contribution in [2.24, 2.45) is 4.99 Å². The number of nitrogens with zero attached hydrogens (tertiary/aromatic N) is 4. The smallest absolute Gasteiger partial charge is 0.191 e. The number of guanidine groups is 1. The van der Waals surface area contributed by atoms with Gasteiger partial charge in [-0.3, -0.25) is 0 Å². The lowest BCUT2D eigenvalue weighted by molar-refractivity contribution is 0.621. The van der Waals surface area contributed by atoms with Crippen LogP contribution in [0, 0.1) is 0 Å². The van der Waals surface area contributed by atoms with Crippen LogP contribution in [0.5, 0.6) is 0 Å². The zero-order valence-electron chi connectivity index (χ0n) is 11.8. The van der Waals surface area contributed by atoms with E-state index in [0.29, 0.717) is 12.6 Å². The number of nitrogens with one attached hydrogen (secondary N) is 2. The maximum Gasteiger partial charge on any atom is 0.191 e. The largest absolute Gasteiger partial charge is 0.357 e. The molecule has 1 aromatic rings. The predicted octanol–water partition coefficient (Wildman–Crippen LogP) is 1.15. The lowest BCUT2D eigenvalue weighted by atomic mass is 10.3. The number of aromatic nitrogens is 3. The lowest BCUT2D eigenvalue weighted by Crippen LogP contribution is -2.42. The summed E-state index contributed by atoms with van der Waals surface area (Å²) < 4.78 is 2.00. The molecule has 102 valence electrons. The average Bonchev–Trinajstić information content (AvgIpc) is 2.83. The third kappa shape index (κ3) is 4.35. The van der Waals surface area contributed by atoms with E-state index in [-0.39, 0.29) is 0 Å². The molecule has 1 heterocycles. The summed E-state index contributed by atoms with van der Waals surface area (Å²) in [5.41, 5.74) is 0. The summed E-state index contributed by atoms with van der Waals surface area (Å²) in [6.07, 6.45) is 2.80. The fourth-order valence-corrected chi connectivity index (χ4v) is 1.47. The molecule has 0 aliphatic carbocycles. The van der Waals surface area contributed by atoms with Crippen LogP contribution in [0.1, 0.15) is 39.9 Å². The Balaban J connectivity index is 2.64. The Labute approximate surface area is 109 Å². The van der Waals surface area contributed by atoms with Crippen LogP contribution < -0.4 is 10.6 Å². The summed E-state index contributed by atoms with van der Waals surface area (Å²) in [4.78, 5) is 4.52. The summed E-state index contributed by atoms with van der Waals surface area (Å²) in [5, 5.41) is 14.5. The molecule has 0 radical (unpaired) electrons. The van der Waals surface area contributed by atoms with Crippen molar-refractivity contribution in [3.63, 3.8) is 0 Å². The van der Waals surface area contributed by atoms with Gasteiger partial charge in [-0.1, -0.05) is 6.92 Å². The molecular formula is C12H24N6. The van der Waals surface area contributed by atoms with Gasteiger partial charge in [-0.25, -0.2) is 4.99 Å². The molecule has 0 aliphatic heterocycles. The SMILES string of the molecule is CCNC(=NCc1nncn1CC)NC(C)CC. The first kappa shape index (κ1) is 14.5. The molecule has 0 amide bonds. The van der Waals surface area contributed by atoms with E-state index in [1.54, 1.807) is 6.33 Å². The molecule has 0 aromatic carbocycles. The third-order valence-corrected chi connectivity index (χ3v) is 2.75. The zero-order chi connectivity index (χ0) is 13.4. The van der Waals surface area contributed by atoms with Gasteiger partial charge in [0.2, 0.25) is 0 Å². The third-order valence-electron chi connectivity index (χ3n) is 2.75. The number of rotatable bonds is 6. The predicted molar refractivity (Wildman–Crippen MR) is 73.4 cm³/mol. The van der Waals surface area contributed by atoms with Crippen LogP contribution in [0.4, 0.5) is 0 Å². The standard InChI is InChI=1S/C12H24N6/c1-5-10(4)16-12(13-6-2)14-8-11-17-15-9-18(11)7-3/h9-10H,5-8H2,1-4H3,(H2,13,14,16). The van der Waals surface area contributed by atoms with Crippen molar-refractivity contribution in [2.75, 3.05) is 6.54 Å². The Morgan fingerprint density at radius 2 is 2.22 bits per heavy atom. The minimum atomic E-state index is 0.409. The molecule has 1 rings (SSSR count). The van der Waals surface area contributed by atoms with Crippen molar-refractivity contribution in [1.29, 1.82) is 0 Å². The van der Waals surface area contributed by atoms with E-state index in [1.165, 1.54) is 0 Å². The minimum Gasteiger partial charge on any atom is -0.357 e. The van der Waals surface area contributed by atoms with Crippen molar-refractivity contribution in [3.05, 3.63) is 12.2 Å². The molecule has 6 nitrogen and oxygen atoms in total. The van der Waals surface area contributed by atoms with Crippen LogP contribution in [0.2, 0.25) is 0 Å². The second-order valence-corrected chi connectivity index (χ2v) is 4.18. The van der Waals surface area contributed by atoms with Crippen molar-refractivity contribution < 1.29 is 0 Å². The Morgan fingerprint density at radius 3 is 2.83 bits per heavy atom. The second kappa shape index (κ2) is 7.68. The summed E-state index contributed by atoms with van der Waals surface area (Å²) >= 11 is 0. The second-order valence-electron chi connectivity index (χ2n) is 4.18. The zero-order valence-corrected chi connectivity index (χ0v) is 11.8. The maximum atomic E-state index is 4.52. The highest BCUT2D eigenvalue weighted by atomic mass is 15.3. The highest BCUT2D eigenvalue weighted by Crippen LogP contribution is 1.97. The van der Waals surface area contributed by atoms with Gasteiger partial charge in [0.1, 0.15) is 12.9 Å². The van der Waals surface area contributed by atoms with E-state index < -0.39 is 0 Å². The van der Waals surface area contributed by atoms with Gasteiger partial charge in [-0.05, 0) is 27.2 Å². The van der Waals surface area contributed by atoms with Crippen LogP contribution >= 0.6 is 0 Å². The fourth-order valence-electron chi connectivity index (χ4n) is 1.47. The van der Waals surface area contributed by atoms with Gasteiger partial charge < -0.3 is 15.2 Å². The average molecular weight is 252 g/mol. The number of hydrogen-bond donors (Lipinski definition) is 2. The van der Waals surface area contributed by atoms with E-state index in [4.69, 9.17) is 0 Å². The number of hydrogen-bond acceptors (Lipinski definition) is 3. The van der Waals surface area contributed by atoms with Gasteiger partial charge in [0.25, 0.3) is 0 Å². The molecule has 6 heteroatoms. The molecule has 0 bridgehead atoms. The van der Waals surface area contributed by atoms with E-state index >= 15 is 0 Å². The molecule has 1 atom stereocenters. The summed E-state index contributed by atoms with van der Waals surface area (Å²) in [6.45, 7) is 10.7. The van der Waals surface area contributed by atoms with Crippen molar-refractivity contribution in [3.8, 4) is 0 Å². The van der Waals surface area contributed by atoms with Gasteiger partial charge in [0.15, 0.2) is 11.8 Å². The monoisotopic (exact) mass is 252 g/mol. The Kier molecular flexibility index (Phi) is 6.18. The number of aliphatic imine (C=N–C) groups is 1. The molecule has 1 unspecified atom stereocenters. The van der Waals surface area contributed by atoms with E-state index in [2.05, 4.69) is 53.5 Å². The summed E-state index contributed by atoms with van der Waals surface area (Å²) in [6, 6.07) is 0.409. The van der Waals surface area contributed by atoms with Crippen LogP contribution in [-0.4, -0.2) is 33.3 Å². The molecular weight excluding hydrogens is 228 g/mol. The van der Waals surface area contributed by atoms with E-state index in [1.807, 2.05) is 4.57 Å². The Morgan fingerprint density at radius 1 is 1.44 bits per heavy atom. The van der Waals surface area contributed by atoms with Crippen LogP contribution in [0.25, 0.3) is 0 Å². The lowest BCUT2D eigenvalue weighted by Gasteiger charge is -2.16. The molecule has 0 fully saturated rings. The first-order valence-electron chi connectivity index (χ1n) is 6.62. The minimum absolute atomic E-state index is 0.409. The molecule has 0 saturated carbocycles. The van der Waals surface area contributed by atoms with Gasteiger partial charge in [-0.2, -0.15) is 0 Å². The highest BCUT2D eigenvalue weighted by molar-refractivity contribution is 5.79. The molecule has 1 aromatic heterocycles. The maximum absolute atomic E-state index is 4.52. The highest BCUT2D eigenvalue weighted by Gasteiger charge is 2.05. The van der Waals surface area contributed by atoms with Gasteiger partial charge in [0, 0.05) is 19.1 Å². The van der Waals surface area contributed by atoms with Crippen molar-refractivity contribution in [1.82, 2.24) is 25.4 Å². The topological polar surface area (TPSA) is 67.1 Å². The van der Waals surface area contributed by atoms with Crippen molar-refractivity contribution >= 4 is 5.96 Å². The van der Waals surface area contributed by atoms with Gasteiger partial charge in [0.05, 0.1) is 0 Å². The molecule has 0 saturated heterocycles. The van der Waals surface area contributed by atoms with E-state index in [9.17, 15) is 0 Å². The van der Waals surface area contributed by atoms with Crippen LogP contribution in [-0.2, 0) is 13.1 Å². The molecule has 0 aliphatic rings. The van der Waals surface area contributed by atoms with Crippen molar-refractivity contribution in [2.45, 2.75) is 53.2 Å². The fraction of sp³-hybridized carbons (Fsp3) is 0.750. The Hall–Kier alpha value is -1.59. The summed E-state index contributed by atoms with van der Waals surface area (Å²) in [5.74, 6) is 1.72. The molecule has 18 heavy (non-hydrogen) atoms. The first-order valence-corrected chi connectivity index (χ1v) is 6.62. The van der Waals surface area contributed by atoms with Crippen LogP contribution in [0.3, 0.4) is 0 Å².